The highest BCUT2D eigenvalue weighted by atomic mass is 35.5. The van der Waals surface area contributed by atoms with E-state index in [9.17, 15) is 0 Å². The minimum absolute atomic E-state index is 0. The quantitative estimate of drug-likeness (QED) is 0.917. The first kappa shape index (κ1) is 17.0. The van der Waals surface area contributed by atoms with Crippen molar-refractivity contribution in [1.82, 2.24) is 10.1 Å². The number of hydrogen-bond acceptors (Lipinski definition) is 4. The van der Waals surface area contributed by atoms with E-state index < -0.39 is 0 Å². The van der Waals surface area contributed by atoms with Crippen LogP contribution in [0.2, 0.25) is 0 Å². The lowest BCUT2D eigenvalue weighted by Gasteiger charge is -2.27. The summed E-state index contributed by atoms with van der Waals surface area (Å²) in [4.78, 5) is 4.52. The number of hydrogen-bond donors (Lipinski definition) is 1. The molecule has 1 aliphatic rings. The van der Waals surface area contributed by atoms with Crippen LogP contribution in [-0.2, 0) is 19.3 Å². The van der Waals surface area contributed by atoms with E-state index >= 15 is 0 Å². The van der Waals surface area contributed by atoms with Gasteiger partial charge < -0.3 is 10.3 Å². The van der Waals surface area contributed by atoms with Crippen LogP contribution in [-0.4, -0.2) is 16.2 Å². The van der Waals surface area contributed by atoms with Gasteiger partial charge in [-0.05, 0) is 30.7 Å². The first-order chi connectivity index (χ1) is 10.3. The molecule has 120 valence electrons. The van der Waals surface area contributed by atoms with Crippen LogP contribution in [0.4, 0.5) is 0 Å². The SMILES string of the molecule is Cl.NC1CCCCC1Cc1nc(CCc2ccccc2)no1. The van der Waals surface area contributed by atoms with Crippen molar-refractivity contribution in [3.63, 3.8) is 0 Å². The van der Waals surface area contributed by atoms with Gasteiger partial charge in [0.25, 0.3) is 0 Å². The van der Waals surface area contributed by atoms with Crippen LogP contribution < -0.4 is 5.73 Å². The number of aryl methyl sites for hydroxylation is 2. The zero-order valence-corrected chi connectivity index (χ0v) is 13.6. The third-order valence-electron chi connectivity index (χ3n) is 4.39. The Morgan fingerprint density at radius 2 is 1.86 bits per heavy atom. The Morgan fingerprint density at radius 3 is 2.64 bits per heavy atom. The van der Waals surface area contributed by atoms with Gasteiger partial charge in [-0.25, -0.2) is 0 Å². The van der Waals surface area contributed by atoms with Gasteiger partial charge in [-0.3, -0.25) is 0 Å². The number of nitrogens with zero attached hydrogens (tertiary/aromatic N) is 2. The van der Waals surface area contributed by atoms with Crippen molar-refractivity contribution in [3.8, 4) is 0 Å². The highest BCUT2D eigenvalue weighted by Crippen LogP contribution is 2.25. The number of halogens is 1. The summed E-state index contributed by atoms with van der Waals surface area (Å²) < 4.78 is 5.39. The van der Waals surface area contributed by atoms with Crippen molar-refractivity contribution in [3.05, 3.63) is 47.6 Å². The normalized spacial score (nSPS) is 21.3. The summed E-state index contributed by atoms with van der Waals surface area (Å²) in [6.45, 7) is 0. The van der Waals surface area contributed by atoms with E-state index in [0.717, 1.165) is 37.4 Å². The molecule has 2 N–H and O–H groups in total. The smallest absolute Gasteiger partial charge is 0.226 e. The lowest BCUT2D eigenvalue weighted by molar-refractivity contribution is 0.272. The summed E-state index contributed by atoms with van der Waals surface area (Å²) in [5, 5.41) is 4.09. The Morgan fingerprint density at radius 1 is 1.09 bits per heavy atom. The van der Waals surface area contributed by atoms with Crippen LogP contribution in [0.25, 0.3) is 0 Å². The molecule has 4 nitrogen and oxygen atoms in total. The summed E-state index contributed by atoms with van der Waals surface area (Å²) in [5.41, 5.74) is 7.48. The van der Waals surface area contributed by atoms with Crippen LogP contribution in [0, 0.1) is 5.92 Å². The summed E-state index contributed by atoms with van der Waals surface area (Å²) in [7, 11) is 0. The summed E-state index contributed by atoms with van der Waals surface area (Å²) in [6.07, 6.45) is 7.44. The molecule has 2 unspecified atom stereocenters. The van der Waals surface area contributed by atoms with E-state index in [1.165, 1.54) is 24.8 Å². The molecule has 0 aliphatic heterocycles. The van der Waals surface area contributed by atoms with Gasteiger partial charge >= 0.3 is 0 Å². The van der Waals surface area contributed by atoms with Gasteiger partial charge in [0, 0.05) is 18.9 Å². The molecule has 1 aliphatic carbocycles. The molecule has 2 atom stereocenters. The molecule has 1 aromatic heterocycles. The Balaban J connectivity index is 0.00000176. The van der Waals surface area contributed by atoms with E-state index in [0.29, 0.717) is 12.0 Å². The zero-order chi connectivity index (χ0) is 14.5. The molecule has 0 spiro atoms. The average molecular weight is 322 g/mol. The standard InChI is InChI=1S/C17H23N3O.ClH/c18-15-9-5-4-8-14(15)12-17-19-16(20-21-17)11-10-13-6-2-1-3-7-13;/h1-3,6-7,14-15H,4-5,8-12,18H2;1H. The molecule has 0 bridgehead atoms. The molecule has 0 amide bonds. The second-order valence-electron chi connectivity index (χ2n) is 6.00. The third-order valence-corrected chi connectivity index (χ3v) is 4.39. The minimum atomic E-state index is 0. The molecule has 2 aromatic rings. The third kappa shape index (κ3) is 4.55. The number of nitrogens with two attached hydrogens (primary N) is 1. The Hall–Kier alpha value is -1.39. The average Bonchev–Trinajstić information content (AvgIpc) is 2.96. The largest absolute Gasteiger partial charge is 0.339 e. The monoisotopic (exact) mass is 321 g/mol. The Kier molecular flexibility index (Phi) is 6.40. The highest BCUT2D eigenvalue weighted by Gasteiger charge is 2.24. The molecular weight excluding hydrogens is 298 g/mol. The van der Waals surface area contributed by atoms with E-state index in [4.69, 9.17) is 10.3 Å². The molecule has 1 saturated carbocycles. The van der Waals surface area contributed by atoms with Crippen LogP contribution >= 0.6 is 12.4 Å². The van der Waals surface area contributed by atoms with Crippen molar-refractivity contribution in [2.75, 3.05) is 0 Å². The molecule has 0 saturated heterocycles. The molecule has 5 heteroatoms. The predicted molar refractivity (Wildman–Crippen MR) is 89.0 cm³/mol. The minimum Gasteiger partial charge on any atom is -0.339 e. The maximum atomic E-state index is 6.18. The fraction of sp³-hybridized carbons (Fsp3) is 0.529. The molecular formula is C17H24ClN3O. The van der Waals surface area contributed by atoms with Gasteiger partial charge in [0.2, 0.25) is 5.89 Å². The number of benzene rings is 1. The highest BCUT2D eigenvalue weighted by molar-refractivity contribution is 5.85. The van der Waals surface area contributed by atoms with Crippen LogP contribution in [0.1, 0.15) is 43.0 Å². The van der Waals surface area contributed by atoms with Crippen molar-refractivity contribution in [2.24, 2.45) is 11.7 Å². The van der Waals surface area contributed by atoms with E-state index in [1.807, 2.05) is 6.07 Å². The molecule has 0 radical (unpaired) electrons. The number of aromatic nitrogens is 2. The lowest BCUT2D eigenvalue weighted by Crippen LogP contribution is -2.34. The second-order valence-corrected chi connectivity index (χ2v) is 6.00. The Labute approximate surface area is 137 Å². The van der Waals surface area contributed by atoms with E-state index in [2.05, 4.69) is 34.4 Å². The summed E-state index contributed by atoms with van der Waals surface area (Å²) in [6, 6.07) is 10.7. The van der Waals surface area contributed by atoms with Crippen molar-refractivity contribution in [1.29, 1.82) is 0 Å². The first-order valence-corrected chi connectivity index (χ1v) is 7.92. The molecule has 1 aromatic carbocycles. The van der Waals surface area contributed by atoms with Gasteiger partial charge in [0.05, 0.1) is 0 Å². The Bertz CT molecular complexity index is 558. The topological polar surface area (TPSA) is 64.9 Å². The maximum absolute atomic E-state index is 6.18. The second kappa shape index (κ2) is 8.30. The summed E-state index contributed by atoms with van der Waals surface area (Å²) >= 11 is 0. The van der Waals surface area contributed by atoms with Gasteiger partial charge in [-0.15, -0.1) is 12.4 Å². The fourth-order valence-electron chi connectivity index (χ4n) is 3.09. The lowest BCUT2D eigenvalue weighted by atomic mass is 9.83. The molecule has 1 heterocycles. The van der Waals surface area contributed by atoms with Crippen LogP contribution in [0.5, 0.6) is 0 Å². The number of rotatable bonds is 5. The molecule has 1 fully saturated rings. The van der Waals surface area contributed by atoms with Gasteiger partial charge in [0.1, 0.15) is 0 Å². The van der Waals surface area contributed by atoms with Crippen molar-refractivity contribution in [2.45, 2.75) is 51.0 Å². The maximum Gasteiger partial charge on any atom is 0.226 e. The van der Waals surface area contributed by atoms with Crippen molar-refractivity contribution >= 4 is 12.4 Å². The van der Waals surface area contributed by atoms with E-state index in [1.54, 1.807) is 0 Å². The zero-order valence-electron chi connectivity index (χ0n) is 12.8. The predicted octanol–water partition coefficient (Wildman–Crippen LogP) is 3.34. The van der Waals surface area contributed by atoms with E-state index in [-0.39, 0.29) is 12.4 Å². The van der Waals surface area contributed by atoms with Gasteiger partial charge in [-0.1, -0.05) is 48.3 Å². The van der Waals surface area contributed by atoms with Crippen LogP contribution in [0.3, 0.4) is 0 Å². The fourth-order valence-corrected chi connectivity index (χ4v) is 3.09. The van der Waals surface area contributed by atoms with Crippen LogP contribution in [0.15, 0.2) is 34.9 Å². The van der Waals surface area contributed by atoms with Gasteiger partial charge in [-0.2, -0.15) is 4.98 Å². The first-order valence-electron chi connectivity index (χ1n) is 7.92. The van der Waals surface area contributed by atoms with Gasteiger partial charge in [0.15, 0.2) is 5.82 Å². The van der Waals surface area contributed by atoms with Crippen molar-refractivity contribution < 1.29 is 4.52 Å². The molecule has 22 heavy (non-hydrogen) atoms. The molecule has 3 rings (SSSR count). The summed E-state index contributed by atoms with van der Waals surface area (Å²) in [5.74, 6) is 2.06.